The molecule has 0 saturated heterocycles. The Hall–Kier alpha value is 0.400. The minimum absolute atomic E-state index is 0.204. The predicted octanol–water partition coefficient (Wildman–Crippen LogP) is 1.70. The fourth-order valence-corrected chi connectivity index (χ4v) is 1.31. The van der Waals surface area contributed by atoms with Crippen LogP contribution in [0.2, 0.25) is 0 Å². The number of ether oxygens (including phenoxy) is 1. The summed E-state index contributed by atoms with van der Waals surface area (Å²) in [4.78, 5) is 0. The highest BCUT2D eigenvalue weighted by molar-refractivity contribution is 8.08. The zero-order valence-corrected chi connectivity index (χ0v) is 8.09. The Kier molecular flexibility index (Phi) is 4.49. The van der Waals surface area contributed by atoms with Gasteiger partial charge in [-0.15, -0.1) is 0 Å². The summed E-state index contributed by atoms with van der Waals surface area (Å²) in [6.45, 7) is 3.88. The van der Waals surface area contributed by atoms with Gasteiger partial charge in [-0.3, -0.25) is 0 Å². The number of rotatable bonds is 4. The maximum absolute atomic E-state index is 10.4. The lowest BCUT2D eigenvalue weighted by Gasteiger charge is -2.21. The number of methoxy groups -OCH3 is 1. The largest absolute Gasteiger partial charge is 0.379 e. The van der Waals surface area contributed by atoms with Gasteiger partial charge in [-0.05, 0) is 31.0 Å². The van der Waals surface area contributed by atoms with Gasteiger partial charge in [-0.2, -0.15) is 0 Å². The van der Waals surface area contributed by atoms with Crippen LogP contribution in [0.1, 0.15) is 20.3 Å². The Bertz CT molecular complexity index is 125. The van der Waals surface area contributed by atoms with Gasteiger partial charge in [0.05, 0.1) is 5.60 Å². The van der Waals surface area contributed by atoms with E-state index in [2.05, 4.69) is 0 Å². The van der Waals surface area contributed by atoms with Crippen LogP contribution in [0.3, 0.4) is 0 Å². The van der Waals surface area contributed by atoms with Crippen molar-refractivity contribution < 1.29 is 8.95 Å². The Balaban J connectivity index is 3.56. The van der Waals surface area contributed by atoms with E-state index in [-0.39, 0.29) is 5.60 Å². The zero-order valence-electron chi connectivity index (χ0n) is 6.52. The molecule has 0 rings (SSSR count). The van der Waals surface area contributed by atoms with Crippen LogP contribution in [0.15, 0.2) is 0 Å². The van der Waals surface area contributed by atoms with Gasteiger partial charge >= 0.3 is 0 Å². The Labute approximate surface area is 68.9 Å². The first kappa shape index (κ1) is 10.4. The average Bonchev–Trinajstić information content (AvgIpc) is 1.85. The Morgan fingerprint density at radius 2 is 2.10 bits per heavy atom. The number of hydrogen-bond acceptors (Lipinski definition) is 2. The maximum atomic E-state index is 10.4. The summed E-state index contributed by atoms with van der Waals surface area (Å²) >= 11 is 0. The number of hydrogen-bond donors (Lipinski definition) is 0. The van der Waals surface area contributed by atoms with Crippen LogP contribution in [0.4, 0.5) is 0 Å². The summed E-state index contributed by atoms with van der Waals surface area (Å²) < 4.78 is 15.5. The highest BCUT2D eigenvalue weighted by Gasteiger charge is 2.16. The van der Waals surface area contributed by atoms with E-state index in [0.717, 1.165) is 6.42 Å². The van der Waals surface area contributed by atoms with Crippen molar-refractivity contribution in [2.75, 3.05) is 12.9 Å². The summed E-state index contributed by atoms with van der Waals surface area (Å²) in [5.74, 6) is 0.488. The van der Waals surface area contributed by atoms with Gasteiger partial charge in [0, 0.05) is 12.9 Å². The second-order valence-corrected chi connectivity index (χ2v) is 4.73. The molecule has 0 bridgehead atoms. The summed E-state index contributed by atoms with van der Waals surface area (Å²) in [6.07, 6.45) is 0.722. The van der Waals surface area contributed by atoms with E-state index in [9.17, 15) is 4.21 Å². The molecule has 0 radical (unpaired) electrons. The minimum atomic E-state index is -1.22. The first-order chi connectivity index (χ1) is 4.48. The van der Waals surface area contributed by atoms with E-state index in [4.69, 9.17) is 15.4 Å². The second-order valence-electron chi connectivity index (χ2n) is 2.71. The standard InChI is InChI=1S/C6H13ClO2S/c1-6(2,9-3)4-5-10(7)8/h4-5H2,1-3H3. The molecule has 0 amide bonds. The molecule has 0 aromatic heterocycles. The number of halogens is 1. The van der Waals surface area contributed by atoms with Crippen molar-refractivity contribution in [3.63, 3.8) is 0 Å². The molecule has 0 saturated carbocycles. The smallest absolute Gasteiger partial charge is 0.115 e. The highest BCUT2D eigenvalue weighted by atomic mass is 35.7. The van der Waals surface area contributed by atoms with Crippen LogP contribution in [0.25, 0.3) is 0 Å². The van der Waals surface area contributed by atoms with Crippen LogP contribution in [-0.2, 0) is 14.7 Å². The van der Waals surface area contributed by atoms with Gasteiger partial charge in [-0.25, -0.2) is 4.21 Å². The molecule has 2 nitrogen and oxygen atoms in total. The van der Waals surface area contributed by atoms with Crippen molar-refractivity contribution in [1.29, 1.82) is 0 Å². The molecular weight excluding hydrogens is 172 g/mol. The second kappa shape index (κ2) is 4.31. The van der Waals surface area contributed by atoms with Crippen molar-refractivity contribution in [3.05, 3.63) is 0 Å². The molecule has 0 aromatic rings. The van der Waals surface area contributed by atoms with Crippen LogP contribution in [-0.4, -0.2) is 22.7 Å². The first-order valence-electron chi connectivity index (χ1n) is 3.08. The quantitative estimate of drug-likeness (QED) is 0.622. The van der Waals surface area contributed by atoms with Crippen molar-refractivity contribution in [3.8, 4) is 0 Å². The molecule has 4 heteroatoms. The Morgan fingerprint density at radius 1 is 1.60 bits per heavy atom. The predicted molar refractivity (Wildman–Crippen MR) is 44.6 cm³/mol. The molecule has 1 atom stereocenters. The molecule has 0 aliphatic carbocycles. The fourth-order valence-electron chi connectivity index (χ4n) is 0.428. The van der Waals surface area contributed by atoms with Gasteiger partial charge < -0.3 is 4.74 Å². The van der Waals surface area contributed by atoms with Gasteiger partial charge in [0.2, 0.25) is 0 Å². The summed E-state index contributed by atoms with van der Waals surface area (Å²) in [5, 5.41) is 0. The molecule has 1 unspecified atom stereocenters. The minimum Gasteiger partial charge on any atom is -0.379 e. The monoisotopic (exact) mass is 184 g/mol. The van der Waals surface area contributed by atoms with Crippen LogP contribution in [0, 0.1) is 0 Å². The summed E-state index contributed by atoms with van der Waals surface area (Å²) in [7, 11) is 5.67. The molecule has 0 fully saturated rings. The average molecular weight is 185 g/mol. The third kappa shape index (κ3) is 5.21. The molecule has 0 aromatic carbocycles. The molecule has 0 aliphatic rings. The topological polar surface area (TPSA) is 26.3 Å². The molecule has 62 valence electrons. The van der Waals surface area contributed by atoms with Gasteiger partial charge in [0.15, 0.2) is 0 Å². The molecule has 0 heterocycles. The van der Waals surface area contributed by atoms with Crippen LogP contribution >= 0.6 is 10.7 Å². The molecule has 0 spiro atoms. The Morgan fingerprint density at radius 3 is 2.40 bits per heavy atom. The highest BCUT2D eigenvalue weighted by Crippen LogP contribution is 2.13. The van der Waals surface area contributed by atoms with Crippen LogP contribution in [0.5, 0.6) is 0 Å². The summed E-state index contributed by atoms with van der Waals surface area (Å²) in [5.41, 5.74) is -0.204. The van der Waals surface area contributed by atoms with Crippen LogP contribution < -0.4 is 0 Å². The van der Waals surface area contributed by atoms with Gasteiger partial charge in [0.25, 0.3) is 0 Å². The SMILES string of the molecule is COC(C)(C)CCS(=O)Cl. The van der Waals surface area contributed by atoms with E-state index in [1.807, 2.05) is 13.8 Å². The van der Waals surface area contributed by atoms with Crippen molar-refractivity contribution in [2.24, 2.45) is 0 Å². The molecule has 10 heavy (non-hydrogen) atoms. The first-order valence-corrected chi connectivity index (χ1v) is 5.22. The zero-order chi connectivity index (χ0) is 8.20. The van der Waals surface area contributed by atoms with Crippen molar-refractivity contribution in [1.82, 2.24) is 0 Å². The van der Waals surface area contributed by atoms with Gasteiger partial charge in [-0.1, -0.05) is 0 Å². The normalized spacial score (nSPS) is 15.2. The van der Waals surface area contributed by atoms with E-state index < -0.39 is 10.0 Å². The van der Waals surface area contributed by atoms with Gasteiger partial charge in [0.1, 0.15) is 10.0 Å². The summed E-state index contributed by atoms with van der Waals surface area (Å²) in [6, 6.07) is 0. The van der Waals surface area contributed by atoms with Crippen molar-refractivity contribution >= 4 is 20.7 Å². The fraction of sp³-hybridized carbons (Fsp3) is 1.00. The van der Waals surface area contributed by atoms with Crippen molar-refractivity contribution in [2.45, 2.75) is 25.9 Å². The lowest BCUT2D eigenvalue weighted by Crippen LogP contribution is -2.24. The van der Waals surface area contributed by atoms with E-state index in [1.165, 1.54) is 0 Å². The molecule has 0 N–H and O–H groups in total. The van der Waals surface area contributed by atoms with E-state index in [0.29, 0.717) is 5.75 Å². The third-order valence-corrected chi connectivity index (χ3v) is 2.41. The maximum Gasteiger partial charge on any atom is 0.115 e. The lowest BCUT2D eigenvalue weighted by atomic mass is 10.1. The molecular formula is C6H13ClO2S. The van der Waals surface area contributed by atoms with E-state index in [1.54, 1.807) is 7.11 Å². The third-order valence-electron chi connectivity index (χ3n) is 1.42. The molecule has 0 aliphatic heterocycles. The lowest BCUT2D eigenvalue weighted by molar-refractivity contribution is 0.0205. The van der Waals surface area contributed by atoms with E-state index >= 15 is 0 Å².